The number of aryl methyl sites for hydroxylation is 1. The highest BCUT2D eigenvalue weighted by atomic mass is 19.1. The number of benzene rings is 2. The molecule has 0 aliphatic rings. The molecule has 1 heterocycles. The van der Waals surface area contributed by atoms with E-state index in [-0.39, 0.29) is 5.82 Å². The Kier molecular flexibility index (Phi) is 4.57. The average Bonchev–Trinajstić information content (AvgIpc) is 2.91. The maximum absolute atomic E-state index is 13.3. The molecule has 0 fully saturated rings. The van der Waals surface area contributed by atoms with Crippen molar-refractivity contribution in [3.63, 3.8) is 0 Å². The minimum absolute atomic E-state index is 0.309. The SMILES string of the molecule is Cn1c(CCNC(=O)C(O)c2ccccc2)nc2ccc(F)cc21. The van der Waals surface area contributed by atoms with Crippen molar-refractivity contribution in [1.29, 1.82) is 0 Å². The molecule has 0 aliphatic heterocycles. The van der Waals surface area contributed by atoms with Gasteiger partial charge in [0.15, 0.2) is 6.10 Å². The van der Waals surface area contributed by atoms with Gasteiger partial charge in [0.2, 0.25) is 0 Å². The van der Waals surface area contributed by atoms with Crippen molar-refractivity contribution >= 4 is 16.9 Å². The summed E-state index contributed by atoms with van der Waals surface area (Å²) in [6.07, 6.45) is -0.708. The molecule has 0 radical (unpaired) electrons. The second-order valence-corrected chi connectivity index (χ2v) is 5.57. The van der Waals surface area contributed by atoms with E-state index in [9.17, 15) is 14.3 Å². The summed E-state index contributed by atoms with van der Waals surface area (Å²) in [6.45, 7) is 0.336. The van der Waals surface area contributed by atoms with E-state index in [0.717, 1.165) is 5.82 Å². The number of nitrogens with zero attached hydrogens (tertiary/aromatic N) is 2. The van der Waals surface area contributed by atoms with Crippen molar-refractivity contribution in [2.24, 2.45) is 7.05 Å². The lowest BCUT2D eigenvalue weighted by molar-refractivity contribution is -0.129. The Hall–Kier alpha value is -2.73. The zero-order valence-electron chi connectivity index (χ0n) is 13.2. The molecule has 0 aliphatic carbocycles. The van der Waals surface area contributed by atoms with Gasteiger partial charge >= 0.3 is 0 Å². The van der Waals surface area contributed by atoms with E-state index in [1.807, 2.05) is 13.1 Å². The van der Waals surface area contributed by atoms with Crippen LogP contribution in [0.4, 0.5) is 4.39 Å². The molecule has 3 aromatic rings. The van der Waals surface area contributed by atoms with Gasteiger partial charge in [-0.15, -0.1) is 0 Å². The number of aliphatic hydroxyl groups is 1. The zero-order valence-corrected chi connectivity index (χ0v) is 13.2. The van der Waals surface area contributed by atoms with Crippen molar-refractivity contribution < 1.29 is 14.3 Å². The van der Waals surface area contributed by atoms with Crippen molar-refractivity contribution in [3.8, 4) is 0 Å². The van der Waals surface area contributed by atoms with Crippen molar-refractivity contribution in [1.82, 2.24) is 14.9 Å². The standard InChI is InChI=1S/C18H18FN3O2/c1-22-15-11-13(19)7-8-14(15)21-16(22)9-10-20-18(24)17(23)12-5-3-2-4-6-12/h2-8,11,17,23H,9-10H2,1H3,(H,20,24). The largest absolute Gasteiger partial charge is 0.378 e. The number of aliphatic hydroxyl groups excluding tert-OH is 1. The molecule has 0 saturated heterocycles. The van der Waals surface area contributed by atoms with Crippen molar-refractivity contribution in [2.75, 3.05) is 6.54 Å². The normalized spacial score (nSPS) is 12.3. The van der Waals surface area contributed by atoms with Crippen LogP contribution in [0.5, 0.6) is 0 Å². The Bertz CT molecular complexity index is 861. The smallest absolute Gasteiger partial charge is 0.253 e. The summed E-state index contributed by atoms with van der Waals surface area (Å²) in [5.74, 6) is -0.0209. The van der Waals surface area contributed by atoms with Gasteiger partial charge in [-0.25, -0.2) is 9.37 Å². The molecular weight excluding hydrogens is 309 g/mol. The Labute approximate surface area is 138 Å². The van der Waals surface area contributed by atoms with E-state index >= 15 is 0 Å². The summed E-state index contributed by atoms with van der Waals surface area (Å²) in [4.78, 5) is 16.4. The fourth-order valence-corrected chi connectivity index (χ4v) is 2.62. The minimum Gasteiger partial charge on any atom is -0.378 e. The van der Waals surface area contributed by atoms with Gasteiger partial charge in [-0.1, -0.05) is 30.3 Å². The predicted octanol–water partition coefficient (Wildman–Crippen LogP) is 2.10. The number of hydrogen-bond acceptors (Lipinski definition) is 3. The van der Waals surface area contributed by atoms with E-state index in [1.165, 1.54) is 12.1 Å². The monoisotopic (exact) mass is 327 g/mol. The Morgan fingerprint density at radius 3 is 2.79 bits per heavy atom. The summed E-state index contributed by atoms with van der Waals surface area (Å²) >= 11 is 0. The van der Waals surface area contributed by atoms with Crippen LogP contribution in [0.2, 0.25) is 0 Å². The first-order chi connectivity index (χ1) is 11.6. The molecule has 2 aromatic carbocycles. The second-order valence-electron chi connectivity index (χ2n) is 5.57. The maximum Gasteiger partial charge on any atom is 0.253 e. The summed E-state index contributed by atoms with van der Waals surface area (Å²) in [7, 11) is 1.81. The number of imidazole rings is 1. The van der Waals surface area contributed by atoms with Crippen LogP contribution in [0.3, 0.4) is 0 Å². The topological polar surface area (TPSA) is 67.2 Å². The van der Waals surface area contributed by atoms with Crippen LogP contribution in [-0.4, -0.2) is 27.1 Å². The third kappa shape index (κ3) is 3.28. The molecule has 3 rings (SSSR count). The van der Waals surface area contributed by atoms with Gasteiger partial charge in [0.25, 0.3) is 5.91 Å². The number of nitrogens with one attached hydrogen (secondary N) is 1. The first-order valence-electron chi connectivity index (χ1n) is 7.68. The molecular formula is C18H18FN3O2. The minimum atomic E-state index is -1.19. The number of carbonyl (C=O) groups excluding carboxylic acids is 1. The number of aromatic nitrogens is 2. The first kappa shape index (κ1) is 16.1. The summed E-state index contributed by atoms with van der Waals surface area (Å²) in [5, 5.41) is 12.7. The number of carbonyl (C=O) groups is 1. The lowest BCUT2D eigenvalue weighted by Gasteiger charge is -2.11. The molecule has 1 amide bonds. The van der Waals surface area contributed by atoms with Crippen LogP contribution < -0.4 is 5.32 Å². The molecule has 24 heavy (non-hydrogen) atoms. The van der Waals surface area contributed by atoms with Gasteiger partial charge in [0.05, 0.1) is 11.0 Å². The quantitative estimate of drug-likeness (QED) is 0.754. The Morgan fingerprint density at radius 1 is 1.29 bits per heavy atom. The molecule has 1 unspecified atom stereocenters. The second kappa shape index (κ2) is 6.80. The molecule has 2 N–H and O–H groups in total. The van der Waals surface area contributed by atoms with Crippen LogP contribution in [-0.2, 0) is 18.3 Å². The number of amides is 1. The molecule has 124 valence electrons. The molecule has 6 heteroatoms. The van der Waals surface area contributed by atoms with Gasteiger partial charge in [-0.05, 0) is 23.8 Å². The lowest BCUT2D eigenvalue weighted by atomic mass is 10.1. The van der Waals surface area contributed by atoms with Crippen LogP contribution in [0.15, 0.2) is 48.5 Å². The van der Waals surface area contributed by atoms with E-state index < -0.39 is 12.0 Å². The third-order valence-corrected chi connectivity index (χ3v) is 3.95. The number of halogens is 1. The molecule has 0 spiro atoms. The number of hydrogen-bond donors (Lipinski definition) is 2. The number of fused-ring (bicyclic) bond motifs is 1. The predicted molar refractivity (Wildman–Crippen MR) is 88.8 cm³/mol. The van der Waals surface area contributed by atoms with Crippen LogP contribution in [0, 0.1) is 5.82 Å². The van der Waals surface area contributed by atoms with E-state index in [4.69, 9.17) is 0 Å². The van der Waals surface area contributed by atoms with Crippen LogP contribution in [0.1, 0.15) is 17.5 Å². The van der Waals surface area contributed by atoms with Crippen molar-refractivity contribution in [3.05, 3.63) is 65.7 Å². The average molecular weight is 327 g/mol. The first-order valence-corrected chi connectivity index (χ1v) is 7.68. The highest BCUT2D eigenvalue weighted by molar-refractivity contribution is 5.81. The molecule has 1 aromatic heterocycles. The van der Waals surface area contributed by atoms with Gasteiger partial charge in [0.1, 0.15) is 11.6 Å². The van der Waals surface area contributed by atoms with E-state index in [0.29, 0.717) is 29.6 Å². The van der Waals surface area contributed by atoms with E-state index in [1.54, 1.807) is 34.9 Å². The van der Waals surface area contributed by atoms with Gasteiger partial charge in [-0.2, -0.15) is 0 Å². The Balaban J connectivity index is 1.62. The third-order valence-electron chi connectivity index (χ3n) is 3.95. The highest BCUT2D eigenvalue weighted by Gasteiger charge is 2.16. The van der Waals surface area contributed by atoms with Gasteiger partial charge in [0, 0.05) is 20.0 Å². The summed E-state index contributed by atoms with van der Waals surface area (Å²) in [5.41, 5.74) is 1.97. The molecule has 0 bridgehead atoms. The van der Waals surface area contributed by atoms with Crippen LogP contribution in [0.25, 0.3) is 11.0 Å². The summed E-state index contributed by atoms with van der Waals surface area (Å²) < 4.78 is 15.1. The van der Waals surface area contributed by atoms with E-state index in [2.05, 4.69) is 10.3 Å². The molecule has 0 saturated carbocycles. The number of rotatable bonds is 5. The molecule has 5 nitrogen and oxygen atoms in total. The fourth-order valence-electron chi connectivity index (χ4n) is 2.62. The van der Waals surface area contributed by atoms with Crippen molar-refractivity contribution in [2.45, 2.75) is 12.5 Å². The highest BCUT2D eigenvalue weighted by Crippen LogP contribution is 2.16. The fraction of sp³-hybridized carbons (Fsp3) is 0.222. The van der Waals surface area contributed by atoms with Gasteiger partial charge < -0.3 is 15.0 Å². The van der Waals surface area contributed by atoms with Gasteiger partial charge in [-0.3, -0.25) is 4.79 Å². The zero-order chi connectivity index (χ0) is 17.1. The maximum atomic E-state index is 13.3. The molecule has 1 atom stereocenters. The lowest BCUT2D eigenvalue weighted by Crippen LogP contribution is -2.31. The Morgan fingerprint density at radius 2 is 2.04 bits per heavy atom. The summed E-state index contributed by atoms with van der Waals surface area (Å²) in [6, 6.07) is 13.2. The van der Waals surface area contributed by atoms with Crippen LogP contribution >= 0.6 is 0 Å².